The predicted octanol–water partition coefficient (Wildman–Crippen LogP) is 0.339. The first-order chi connectivity index (χ1) is 7.08. The minimum Gasteiger partial charge on any atom is -0.872 e. The Balaban J connectivity index is 2.63. The van der Waals surface area contributed by atoms with Crippen molar-refractivity contribution in [2.75, 3.05) is 5.32 Å². The third-order valence-electron chi connectivity index (χ3n) is 1.48. The number of carboxylic acid groups (broad SMARTS) is 1. The molecule has 5 heteroatoms. The summed E-state index contributed by atoms with van der Waals surface area (Å²) in [5.41, 5.74) is 0.336. The maximum Gasteiger partial charge on any atom is 0.328 e. The quantitative estimate of drug-likeness (QED) is 0.698. The van der Waals surface area contributed by atoms with E-state index in [1.807, 2.05) is 0 Å². The van der Waals surface area contributed by atoms with Crippen molar-refractivity contribution < 1.29 is 19.8 Å². The van der Waals surface area contributed by atoms with Crippen LogP contribution in [0, 0.1) is 0 Å². The standard InChI is InChI=1S/C10H9NO4/c12-8-3-1-2-7(6-8)11-9(13)4-5-10(14)15/h1-6,12H,(H,11,13)(H,14,15)/p-1. The topological polar surface area (TPSA) is 89.5 Å². The zero-order valence-corrected chi connectivity index (χ0v) is 7.64. The highest BCUT2D eigenvalue weighted by molar-refractivity contribution is 6.02. The highest BCUT2D eigenvalue weighted by Crippen LogP contribution is 2.12. The Morgan fingerprint density at radius 1 is 1.33 bits per heavy atom. The molecule has 1 rings (SSSR count). The molecule has 1 aromatic rings. The minimum atomic E-state index is -1.21. The number of carbonyl (C=O) groups excluding carboxylic acids is 1. The summed E-state index contributed by atoms with van der Waals surface area (Å²) in [6, 6.07) is 5.63. The van der Waals surface area contributed by atoms with Crippen LogP contribution in [0.2, 0.25) is 0 Å². The lowest BCUT2D eigenvalue weighted by Crippen LogP contribution is -2.08. The summed E-state index contributed by atoms with van der Waals surface area (Å²) < 4.78 is 0. The first kappa shape index (κ1) is 10.8. The summed E-state index contributed by atoms with van der Waals surface area (Å²) in [6.45, 7) is 0. The molecule has 1 amide bonds. The molecule has 0 aliphatic carbocycles. The van der Waals surface area contributed by atoms with E-state index in [1.54, 1.807) is 0 Å². The molecule has 5 nitrogen and oxygen atoms in total. The largest absolute Gasteiger partial charge is 0.872 e. The first-order valence-corrected chi connectivity index (χ1v) is 4.07. The van der Waals surface area contributed by atoms with Crippen LogP contribution >= 0.6 is 0 Å². The fraction of sp³-hybridized carbons (Fsp3) is 0. The van der Waals surface area contributed by atoms with Crippen LogP contribution in [-0.2, 0) is 9.59 Å². The van der Waals surface area contributed by atoms with E-state index in [0.717, 1.165) is 12.2 Å². The van der Waals surface area contributed by atoms with E-state index in [-0.39, 0.29) is 5.75 Å². The lowest BCUT2D eigenvalue weighted by molar-refractivity contribution is -0.268. The van der Waals surface area contributed by atoms with Crippen molar-refractivity contribution in [3.8, 4) is 5.75 Å². The molecule has 0 saturated heterocycles. The van der Waals surface area contributed by atoms with Crippen molar-refractivity contribution in [1.82, 2.24) is 0 Å². The molecule has 0 aromatic heterocycles. The van der Waals surface area contributed by atoms with Gasteiger partial charge in [0.15, 0.2) is 0 Å². The van der Waals surface area contributed by atoms with Gasteiger partial charge >= 0.3 is 5.97 Å². The van der Waals surface area contributed by atoms with Gasteiger partial charge in [0.05, 0.1) is 0 Å². The second kappa shape index (κ2) is 4.80. The van der Waals surface area contributed by atoms with Crippen LogP contribution in [0.1, 0.15) is 0 Å². The van der Waals surface area contributed by atoms with Gasteiger partial charge in [0.1, 0.15) is 0 Å². The van der Waals surface area contributed by atoms with E-state index < -0.39 is 11.9 Å². The van der Waals surface area contributed by atoms with Gasteiger partial charge in [-0.2, -0.15) is 0 Å². The monoisotopic (exact) mass is 206 g/mol. The fourth-order valence-corrected chi connectivity index (χ4v) is 0.905. The summed E-state index contributed by atoms with van der Waals surface area (Å²) >= 11 is 0. The van der Waals surface area contributed by atoms with Gasteiger partial charge in [-0.15, -0.1) is 5.75 Å². The number of hydrogen-bond donors (Lipinski definition) is 2. The van der Waals surface area contributed by atoms with Crippen LogP contribution in [0.4, 0.5) is 5.69 Å². The number of nitrogens with one attached hydrogen (secondary N) is 1. The summed E-state index contributed by atoms with van der Waals surface area (Å²) in [6.07, 6.45) is 1.59. The van der Waals surface area contributed by atoms with Crippen molar-refractivity contribution in [2.45, 2.75) is 0 Å². The molecule has 0 unspecified atom stereocenters. The van der Waals surface area contributed by atoms with Gasteiger partial charge in [-0.25, -0.2) is 4.79 Å². The van der Waals surface area contributed by atoms with Crippen LogP contribution in [0.5, 0.6) is 5.75 Å². The molecular formula is C10H8NO4-. The second-order valence-corrected chi connectivity index (χ2v) is 2.69. The molecule has 0 saturated carbocycles. The molecule has 0 spiro atoms. The maximum atomic E-state index is 11.1. The van der Waals surface area contributed by atoms with E-state index in [9.17, 15) is 14.7 Å². The molecule has 0 fully saturated rings. The number of carbonyl (C=O) groups is 2. The van der Waals surface area contributed by atoms with Gasteiger partial charge in [-0.05, 0) is 12.1 Å². The van der Waals surface area contributed by atoms with Gasteiger partial charge in [-0.3, -0.25) is 4.79 Å². The number of aliphatic carboxylic acids is 1. The number of benzene rings is 1. The Morgan fingerprint density at radius 3 is 2.67 bits per heavy atom. The number of anilines is 1. The van der Waals surface area contributed by atoms with Crippen molar-refractivity contribution in [1.29, 1.82) is 0 Å². The molecule has 0 aliphatic heterocycles. The van der Waals surface area contributed by atoms with Gasteiger partial charge in [0.25, 0.3) is 0 Å². The second-order valence-electron chi connectivity index (χ2n) is 2.69. The Hall–Kier alpha value is -2.30. The molecule has 0 heterocycles. The Kier molecular flexibility index (Phi) is 3.45. The number of hydrogen-bond acceptors (Lipinski definition) is 3. The number of carboxylic acids is 1. The van der Waals surface area contributed by atoms with Gasteiger partial charge < -0.3 is 15.5 Å². The molecule has 78 valence electrons. The summed E-state index contributed by atoms with van der Waals surface area (Å²) in [5.74, 6) is -2.03. The van der Waals surface area contributed by atoms with Crippen molar-refractivity contribution in [3.63, 3.8) is 0 Å². The molecule has 0 radical (unpaired) electrons. The SMILES string of the molecule is O=C(O)C=CC(=O)Nc1cccc([O-])c1. The molecule has 0 aliphatic rings. The van der Waals surface area contributed by atoms with Gasteiger partial charge in [0, 0.05) is 17.8 Å². The summed E-state index contributed by atoms with van der Waals surface area (Å²) in [4.78, 5) is 21.2. The average Bonchev–Trinajstić information content (AvgIpc) is 2.15. The molecule has 0 atom stereocenters. The third-order valence-corrected chi connectivity index (χ3v) is 1.48. The van der Waals surface area contributed by atoms with Crippen molar-refractivity contribution in [3.05, 3.63) is 36.4 Å². The Labute approximate surface area is 85.7 Å². The van der Waals surface area contributed by atoms with Crippen LogP contribution in [-0.4, -0.2) is 17.0 Å². The fourth-order valence-electron chi connectivity index (χ4n) is 0.905. The molecule has 2 N–H and O–H groups in total. The van der Waals surface area contributed by atoms with E-state index >= 15 is 0 Å². The van der Waals surface area contributed by atoms with E-state index in [4.69, 9.17) is 5.11 Å². The first-order valence-electron chi connectivity index (χ1n) is 4.07. The summed E-state index contributed by atoms with van der Waals surface area (Å²) in [7, 11) is 0. The average molecular weight is 206 g/mol. The number of rotatable bonds is 3. The lowest BCUT2D eigenvalue weighted by Gasteiger charge is -2.07. The predicted molar refractivity (Wildman–Crippen MR) is 51.3 cm³/mol. The zero-order chi connectivity index (χ0) is 11.3. The highest BCUT2D eigenvalue weighted by atomic mass is 16.4. The molecule has 15 heavy (non-hydrogen) atoms. The zero-order valence-electron chi connectivity index (χ0n) is 7.64. The van der Waals surface area contributed by atoms with Crippen molar-refractivity contribution in [2.24, 2.45) is 0 Å². The minimum absolute atomic E-state index is 0.227. The van der Waals surface area contributed by atoms with Crippen LogP contribution in [0.25, 0.3) is 0 Å². The van der Waals surface area contributed by atoms with E-state index in [0.29, 0.717) is 5.69 Å². The summed E-state index contributed by atoms with van der Waals surface area (Å²) in [5, 5.41) is 21.5. The van der Waals surface area contributed by atoms with E-state index in [1.165, 1.54) is 24.3 Å². The smallest absolute Gasteiger partial charge is 0.328 e. The van der Waals surface area contributed by atoms with Crippen LogP contribution < -0.4 is 10.4 Å². The Morgan fingerprint density at radius 2 is 2.07 bits per heavy atom. The highest BCUT2D eigenvalue weighted by Gasteiger charge is 1.97. The van der Waals surface area contributed by atoms with Gasteiger partial charge in [0.2, 0.25) is 5.91 Å². The van der Waals surface area contributed by atoms with Gasteiger partial charge in [-0.1, -0.05) is 12.1 Å². The lowest BCUT2D eigenvalue weighted by atomic mass is 10.3. The Bertz CT molecular complexity index is 412. The van der Waals surface area contributed by atoms with Crippen molar-refractivity contribution >= 4 is 17.6 Å². The maximum absolute atomic E-state index is 11.1. The molecule has 1 aromatic carbocycles. The molecular weight excluding hydrogens is 198 g/mol. The third kappa shape index (κ3) is 3.95. The van der Waals surface area contributed by atoms with Crippen LogP contribution in [0.15, 0.2) is 36.4 Å². The van der Waals surface area contributed by atoms with E-state index in [2.05, 4.69) is 5.32 Å². The normalized spacial score (nSPS) is 10.1. The molecule has 0 bridgehead atoms. The number of amides is 1. The van der Waals surface area contributed by atoms with Crippen LogP contribution in [0.3, 0.4) is 0 Å².